The first-order chi connectivity index (χ1) is 11.3. The van der Waals surface area contributed by atoms with Gasteiger partial charge in [-0.2, -0.15) is 0 Å². The summed E-state index contributed by atoms with van der Waals surface area (Å²) >= 11 is 0. The molecule has 118 valence electrons. The molecular formula is C18H19N3O2. The van der Waals surface area contributed by atoms with E-state index in [9.17, 15) is 4.79 Å². The Morgan fingerprint density at radius 2 is 1.91 bits per heavy atom. The number of amides is 1. The molecule has 2 aliphatic carbocycles. The molecule has 23 heavy (non-hydrogen) atoms. The fourth-order valence-electron chi connectivity index (χ4n) is 5.01. The maximum Gasteiger partial charge on any atom is 0.292 e. The molecule has 4 atom stereocenters. The predicted molar refractivity (Wildman–Crippen MR) is 83.4 cm³/mol. The fraction of sp³-hybridized carbons (Fsp3) is 0.500. The summed E-state index contributed by atoms with van der Waals surface area (Å²) in [4.78, 5) is 18.9. The smallest absolute Gasteiger partial charge is 0.292 e. The number of rotatable bonds is 2. The number of aromatic nitrogens is 2. The largest absolute Gasteiger partial charge is 0.350 e. The molecule has 1 aliphatic heterocycles. The van der Waals surface area contributed by atoms with Crippen molar-refractivity contribution in [2.24, 2.45) is 23.7 Å². The number of pyridine rings is 1. The Morgan fingerprint density at radius 1 is 1.13 bits per heavy atom. The van der Waals surface area contributed by atoms with Crippen LogP contribution < -0.4 is 0 Å². The first-order valence-corrected chi connectivity index (χ1v) is 8.47. The summed E-state index contributed by atoms with van der Waals surface area (Å²) in [5.74, 6) is 3.45. The van der Waals surface area contributed by atoms with Crippen LogP contribution in [0.2, 0.25) is 0 Å². The van der Waals surface area contributed by atoms with Crippen LogP contribution in [0.4, 0.5) is 0 Å². The molecule has 5 heteroatoms. The molecule has 0 N–H and O–H groups in total. The second kappa shape index (κ2) is 4.91. The Kier molecular flexibility index (Phi) is 2.84. The lowest BCUT2D eigenvalue weighted by Crippen LogP contribution is -2.30. The summed E-state index contributed by atoms with van der Waals surface area (Å²) in [6.45, 7) is 1.79. The van der Waals surface area contributed by atoms with Gasteiger partial charge >= 0.3 is 0 Å². The first-order valence-electron chi connectivity index (χ1n) is 8.47. The van der Waals surface area contributed by atoms with Crippen LogP contribution >= 0.6 is 0 Å². The molecule has 0 radical (unpaired) electrons. The van der Waals surface area contributed by atoms with Crippen LogP contribution in [0.1, 0.15) is 29.8 Å². The number of hydrogen-bond acceptors (Lipinski definition) is 4. The van der Waals surface area contributed by atoms with Gasteiger partial charge in [0.2, 0.25) is 5.76 Å². The van der Waals surface area contributed by atoms with Crippen LogP contribution in [0, 0.1) is 23.7 Å². The summed E-state index contributed by atoms with van der Waals surface area (Å²) in [5, 5.41) is 4.01. The van der Waals surface area contributed by atoms with Crippen molar-refractivity contribution in [1.29, 1.82) is 0 Å². The Morgan fingerprint density at radius 3 is 2.61 bits per heavy atom. The van der Waals surface area contributed by atoms with Crippen LogP contribution in [0.25, 0.3) is 11.4 Å². The highest BCUT2D eigenvalue weighted by Crippen LogP contribution is 2.55. The monoisotopic (exact) mass is 309 g/mol. The zero-order valence-corrected chi connectivity index (χ0v) is 12.9. The van der Waals surface area contributed by atoms with Crippen LogP contribution in [-0.4, -0.2) is 34.0 Å². The highest BCUT2D eigenvalue weighted by Gasteiger charge is 2.52. The summed E-state index contributed by atoms with van der Waals surface area (Å²) < 4.78 is 5.30. The summed E-state index contributed by atoms with van der Waals surface area (Å²) in [6.07, 6.45) is 5.83. The van der Waals surface area contributed by atoms with Crippen LogP contribution in [-0.2, 0) is 0 Å². The number of nitrogens with zero attached hydrogens (tertiary/aromatic N) is 3. The van der Waals surface area contributed by atoms with E-state index in [0.29, 0.717) is 11.5 Å². The minimum absolute atomic E-state index is 0.0199. The van der Waals surface area contributed by atoms with E-state index in [1.807, 2.05) is 23.1 Å². The van der Waals surface area contributed by atoms with Gasteiger partial charge in [-0.05, 0) is 55.1 Å². The molecule has 1 amide bonds. The highest BCUT2D eigenvalue weighted by atomic mass is 16.5. The quantitative estimate of drug-likeness (QED) is 0.856. The van der Waals surface area contributed by atoms with Crippen LogP contribution in [0.5, 0.6) is 0 Å². The molecule has 0 spiro atoms. The molecule has 5 rings (SSSR count). The zero-order chi connectivity index (χ0) is 15.4. The van der Waals surface area contributed by atoms with Gasteiger partial charge in [0.15, 0.2) is 0 Å². The average Bonchev–Trinajstić information content (AvgIpc) is 3.35. The van der Waals surface area contributed by atoms with E-state index in [0.717, 1.165) is 42.5 Å². The molecule has 2 aromatic rings. The van der Waals surface area contributed by atoms with Gasteiger partial charge in [0.05, 0.1) is 5.69 Å². The standard InChI is InChI=1S/C18H19N3O2/c22-18(17-8-16(20-23-17)15-3-1-2-6-19-15)21-9-13-11-4-5-12(7-11)14(13)10-21/h1-3,6,8,11-14H,4-5,7,9-10H2. The van der Waals surface area contributed by atoms with E-state index < -0.39 is 0 Å². The molecule has 5 nitrogen and oxygen atoms in total. The fourth-order valence-corrected chi connectivity index (χ4v) is 5.01. The van der Waals surface area contributed by atoms with Crippen molar-refractivity contribution in [1.82, 2.24) is 15.0 Å². The van der Waals surface area contributed by atoms with Crippen molar-refractivity contribution in [3.8, 4) is 11.4 Å². The normalized spacial score (nSPS) is 31.6. The second-order valence-corrected chi connectivity index (χ2v) is 7.16. The van der Waals surface area contributed by atoms with Crippen molar-refractivity contribution in [3.63, 3.8) is 0 Å². The minimum Gasteiger partial charge on any atom is -0.350 e. The SMILES string of the molecule is O=C(c1cc(-c2ccccn2)no1)N1CC2C3CCC(C3)C2C1. The lowest BCUT2D eigenvalue weighted by atomic mass is 9.82. The van der Waals surface area contributed by atoms with E-state index in [1.165, 1.54) is 19.3 Å². The number of fused-ring (bicyclic) bond motifs is 5. The lowest BCUT2D eigenvalue weighted by Gasteiger charge is -2.22. The molecule has 0 aromatic carbocycles. The average molecular weight is 309 g/mol. The van der Waals surface area contributed by atoms with Crippen molar-refractivity contribution < 1.29 is 9.32 Å². The van der Waals surface area contributed by atoms with Crippen molar-refractivity contribution in [2.75, 3.05) is 13.1 Å². The van der Waals surface area contributed by atoms with Gasteiger partial charge in [0.25, 0.3) is 5.91 Å². The Hall–Kier alpha value is -2.17. The summed E-state index contributed by atoms with van der Waals surface area (Å²) in [5.41, 5.74) is 1.35. The Labute approximate surface area is 134 Å². The van der Waals surface area contributed by atoms with Gasteiger partial charge < -0.3 is 9.42 Å². The molecule has 2 saturated carbocycles. The van der Waals surface area contributed by atoms with Crippen LogP contribution in [0.3, 0.4) is 0 Å². The summed E-state index contributed by atoms with van der Waals surface area (Å²) in [7, 11) is 0. The van der Waals surface area contributed by atoms with Gasteiger partial charge in [-0.25, -0.2) is 0 Å². The van der Waals surface area contributed by atoms with Gasteiger partial charge in [0.1, 0.15) is 5.69 Å². The van der Waals surface area contributed by atoms with Crippen molar-refractivity contribution in [2.45, 2.75) is 19.3 Å². The maximum atomic E-state index is 12.7. The molecule has 3 aliphatic rings. The zero-order valence-electron chi connectivity index (χ0n) is 12.9. The number of likely N-dealkylation sites (tertiary alicyclic amines) is 1. The molecule has 3 fully saturated rings. The van der Waals surface area contributed by atoms with E-state index >= 15 is 0 Å². The summed E-state index contributed by atoms with van der Waals surface area (Å²) in [6, 6.07) is 7.33. The maximum absolute atomic E-state index is 12.7. The molecule has 1 saturated heterocycles. The third-order valence-electron chi connectivity index (χ3n) is 6.07. The Balaban J connectivity index is 1.35. The lowest BCUT2D eigenvalue weighted by molar-refractivity contribution is 0.0734. The third kappa shape index (κ3) is 2.02. The second-order valence-electron chi connectivity index (χ2n) is 7.16. The molecular weight excluding hydrogens is 290 g/mol. The minimum atomic E-state index is -0.0199. The van der Waals surface area contributed by atoms with E-state index in [-0.39, 0.29) is 5.91 Å². The van der Waals surface area contributed by atoms with Gasteiger partial charge in [0, 0.05) is 25.4 Å². The molecule has 2 aromatic heterocycles. The predicted octanol–water partition coefficient (Wildman–Crippen LogP) is 2.85. The topological polar surface area (TPSA) is 59.2 Å². The van der Waals surface area contributed by atoms with Gasteiger partial charge in [-0.1, -0.05) is 11.2 Å². The van der Waals surface area contributed by atoms with Crippen molar-refractivity contribution >= 4 is 5.91 Å². The number of carbonyl (C=O) groups is 1. The van der Waals surface area contributed by atoms with E-state index in [2.05, 4.69) is 10.1 Å². The van der Waals surface area contributed by atoms with Crippen LogP contribution in [0.15, 0.2) is 35.0 Å². The van der Waals surface area contributed by atoms with Gasteiger partial charge in [-0.15, -0.1) is 0 Å². The third-order valence-corrected chi connectivity index (χ3v) is 6.07. The van der Waals surface area contributed by atoms with Gasteiger partial charge in [-0.3, -0.25) is 9.78 Å². The van der Waals surface area contributed by atoms with E-state index in [4.69, 9.17) is 4.52 Å². The molecule has 3 heterocycles. The van der Waals surface area contributed by atoms with Crippen molar-refractivity contribution in [3.05, 3.63) is 36.2 Å². The number of hydrogen-bond donors (Lipinski definition) is 0. The molecule has 2 bridgehead atoms. The number of carbonyl (C=O) groups excluding carboxylic acids is 1. The Bertz CT molecular complexity index is 724. The molecule has 4 unspecified atom stereocenters. The van der Waals surface area contributed by atoms with E-state index in [1.54, 1.807) is 12.3 Å². The first kappa shape index (κ1) is 13.3. The highest BCUT2D eigenvalue weighted by molar-refractivity contribution is 5.92.